The Morgan fingerprint density at radius 1 is 1.67 bits per heavy atom. The van der Waals surface area contributed by atoms with Gasteiger partial charge in [0.05, 0.1) is 12.9 Å². The topological polar surface area (TPSA) is 42.0 Å². The Balaban J connectivity index is 2.64. The lowest BCUT2D eigenvalue weighted by Crippen LogP contribution is -2.10. The Kier molecular flexibility index (Phi) is 3.11. The van der Waals surface area contributed by atoms with Gasteiger partial charge in [-0.15, -0.1) is 0 Å². The summed E-state index contributed by atoms with van der Waals surface area (Å²) >= 11 is 5.58. The van der Waals surface area contributed by atoms with Gasteiger partial charge >= 0.3 is 0 Å². The van der Waals surface area contributed by atoms with Crippen LogP contribution in [0.4, 0.5) is 5.82 Å². The van der Waals surface area contributed by atoms with Crippen LogP contribution in [0, 0.1) is 0 Å². The van der Waals surface area contributed by atoms with Crippen molar-refractivity contribution in [2.75, 3.05) is 5.32 Å². The van der Waals surface area contributed by atoms with E-state index in [1.54, 1.807) is 12.1 Å². The Bertz CT molecular complexity index is 275. The van der Waals surface area contributed by atoms with Crippen LogP contribution < -0.4 is 5.32 Å². The molecular weight excluding hydrogens is 174 g/mol. The van der Waals surface area contributed by atoms with Crippen LogP contribution in [0.1, 0.15) is 0 Å². The lowest BCUT2D eigenvalue weighted by atomic mass is 10.1. The largest absolute Gasteiger partial charge is 0.311 e. The highest BCUT2D eigenvalue weighted by molar-refractivity contribution is 6.30. The van der Waals surface area contributed by atoms with Crippen LogP contribution in [0.15, 0.2) is 18.3 Å². The number of amides is 1. The van der Waals surface area contributed by atoms with E-state index in [0.29, 0.717) is 10.8 Å². The third-order valence-electron chi connectivity index (χ3n) is 1.18. The molecule has 0 unspecified atom stereocenters. The molecule has 3 nitrogen and oxygen atoms in total. The maximum Gasteiger partial charge on any atom is 0.216 e. The molecule has 1 amide bonds. The van der Waals surface area contributed by atoms with Gasteiger partial charge in [-0.05, 0) is 18.5 Å². The highest BCUT2D eigenvalue weighted by Gasteiger charge is 1.98. The molecule has 1 aromatic heterocycles. The van der Waals surface area contributed by atoms with Crippen molar-refractivity contribution in [3.8, 4) is 0 Å². The molecule has 1 heterocycles. The normalized spacial score (nSPS) is 9.42. The third-order valence-corrected chi connectivity index (χ3v) is 1.40. The van der Waals surface area contributed by atoms with Gasteiger partial charge in [-0.2, -0.15) is 0 Å². The minimum atomic E-state index is -0.273. The summed E-state index contributed by atoms with van der Waals surface area (Å²) in [6.07, 6.45) is 1.40. The van der Waals surface area contributed by atoms with Crippen molar-refractivity contribution in [2.24, 2.45) is 0 Å². The van der Waals surface area contributed by atoms with Crippen molar-refractivity contribution in [1.82, 2.24) is 4.98 Å². The molecule has 1 aromatic rings. The molecule has 0 fully saturated rings. The summed E-state index contributed by atoms with van der Waals surface area (Å²) in [7, 11) is 5.08. The van der Waals surface area contributed by atoms with E-state index in [4.69, 9.17) is 19.4 Å². The van der Waals surface area contributed by atoms with Gasteiger partial charge in [-0.3, -0.25) is 4.79 Å². The lowest BCUT2D eigenvalue weighted by molar-refractivity contribution is -0.114. The van der Waals surface area contributed by atoms with Crippen molar-refractivity contribution in [3.63, 3.8) is 0 Å². The number of rotatable bonds is 2. The first kappa shape index (κ1) is 9.07. The maximum absolute atomic E-state index is 10.8. The Morgan fingerprint density at radius 2 is 2.42 bits per heavy atom. The Labute approximate surface area is 76.5 Å². The van der Waals surface area contributed by atoms with Crippen LogP contribution >= 0.6 is 11.6 Å². The lowest BCUT2D eigenvalue weighted by Gasteiger charge is -2.00. The number of hydrogen-bond acceptors (Lipinski definition) is 2. The summed E-state index contributed by atoms with van der Waals surface area (Å²) in [5.41, 5.74) is 0. The highest BCUT2D eigenvalue weighted by Crippen LogP contribution is 2.09. The van der Waals surface area contributed by atoms with Crippen LogP contribution in [0.5, 0.6) is 0 Å². The second kappa shape index (κ2) is 4.11. The SMILES string of the molecule is [B]CC(=O)Nc1ccc(Cl)cn1. The molecule has 12 heavy (non-hydrogen) atoms. The highest BCUT2D eigenvalue weighted by atomic mass is 35.5. The number of aromatic nitrogens is 1. The Morgan fingerprint density at radius 3 is 2.92 bits per heavy atom. The van der Waals surface area contributed by atoms with Gasteiger partial charge in [-0.25, -0.2) is 4.98 Å². The van der Waals surface area contributed by atoms with E-state index in [2.05, 4.69) is 10.3 Å². The van der Waals surface area contributed by atoms with E-state index < -0.39 is 0 Å². The fourth-order valence-electron chi connectivity index (χ4n) is 0.644. The summed E-state index contributed by atoms with van der Waals surface area (Å²) in [4.78, 5) is 14.6. The zero-order chi connectivity index (χ0) is 8.97. The van der Waals surface area contributed by atoms with Crippen LogP contribution in [0.25, 0.3) is 0 Å². The molecule has 0 aliphatic heterocycles. The van der Waals surface area contributed by atoms with Gasteiger partial charge in [0.1, 0.15) is 5.82 Å². The molecular formula is C7H6BClN2O. The average molecular weight is 180 g/mol. The maximum atomic E-state index is 10.8. The zero-order valence-corrected chi connectivity index (χ0v) is 7.01. The first-order chi connectivity index (χ1) is 5.72. The zero-order valence-electron chi connectivity index (χ0n) is 6.25. The summed E-state index contributed by atoms with van der Waals surface area (Å²) in [5.74, 6) is 0.180. The fourth-order valence-corrected chi connectivity index (χ4v) is 0.755. The number of carbonyl (C=O) groups is 1. The third kappa shape index (κ3) is 2.55. The number of halogens is 1. The summed E-state index contributed by atoms with van der Waals surface area (Å²) in [5, 5.41) is 3.01. The number of nitrogens with zero attached hydrogens (tertiary/aromatic N) is 1. The van der Waals surface area contributed by atoms with Crippen molar-refractivity contribution in [3.05, 3.63) is 23.4 Å². The summed E-state index contributed by atoms with van der Waals surface area (Å²) in [6, 6.07) is 3.25. The molecule has 0 aliphatic carbocycles. The first-order valence-corrected chi connectivity index (χ1v) is 3.71. The average Bonchev–Trinajstić information content (AvgIpc) is 2.09. The smallest absolute Gasteiger partial charge is 0.216 e. The first-order valence-electron chi connectivity index (χ1n) is 3.34. The van der Waals surface area contributed by atoms with Crippen LogP contribution in [0.2, 0.25) is 11.3 Å². The van der Waals surface area contributed by atoms with Gasteiger partial charge in [0.15, 0.2) is 0 Å². The van der Waals surface area contributed by atoms with Crippen LogP contribution in [0.3, 0.4) is 0 Å². The molecule has 0 atom stereocenters. The van der Waals surface area contributed by atoms with E-state index >= 15 is 0 Å². The quantitative estimate of drug-likeness (QED) is 0.696. The number of anilines is 1. The molecule has 0 spiro atoms. The van der Waals surface area contributed by atoms with Crippen LogP contribution in [-0.2, 0) is 4.79 Å². The predicted molar refractivity (Wildman–Crippen MR) is 48.4 cm³/mol. The Hall–Kier alpha value is -1.03. The van der Waals surface area contributed by atoms with Gasteiger partial charge in [0, 0.05) is 6.20 Å². The van der Waals surface area contributed by atoms with Crippen molar-refractivity contribution in [1.29, 1.82) is 0 Å². The monoisotopic (exact) mass is 180 g/mol. The second-order valence-corrected chi connectivity index (χ2v) is 2.55. The van der Waals surface area contributed by atoms with Gasteiger partial charge < -0.3 is 5.32 Å². The molecule has 0 bridgehead atoms. The second-order valence-electron chi connectivity index (χ2n) is 2.11. The molecule has 60 valence electrons. The molecule has 0 aliphatic rings. The molecule has 0 saturated carbocycles. The molecule has 2 radical (unpaired) electrons. The molecule has 1 N–H and O–H groups in total. The van der Waals surface area contributed by atoms with Gasteiger partial charge in [-0.1, -0.05) is 11.6 Å². The molecule has 5 heteroatoms. The minimum Gasteiger partial charge on any atom is -0.311 e. The van der Waals surface area contributed by atoms with E-state index in [9.17, 15) is 4.79 Å². The van der Waals surface area contributed by atoms with E-state index in [1.165, 1.54) is 6.20 Å². The van der Waals surface area contributed by atoms with E-state index in [0.717, 1.165) is 0 Å². The predicted octanol–water partition coefficient (Wildman–Crippen LogP) is 1.26. The fraction of sp³-hybridized carbons (Fsp3) is 0.143. The molecule has 0 saturated heterocycles. The van der Waals surface area contributed by atoms with Gasteiger partial charge in [0.2, 0.25) is 5.91 Å². The summed E-state index contributed by atoms with van der Waals surface area (Å²) < 4.78 is 0. The summed E-state index contributed by atoms with van der Waals surface area (Å²) in [6.45, 7) is 0. The number of pyridine rings is 1. The molecule has 0 aromatic carbocycles. The number of nitrogens with one attached hydrogen (secondary N) is 1. The number of hydrogen-bond donors (Lipinski definition) is 1. The van der Waals surface area contributed by atoms with Crippen molar-refractivity contribution >= 4 is 31.2 Å². The van der Waals surface area contributed by atoms with E-state index in [-0.39, 0.29) is 12.2 Å². The minimum absolute atomic E-state index is 0.0513. The number of carbonyl (C=O) groups excluding carboxylic acids is 1. The molecule has 1 rings (SSSR count). The van der Waals surface area contributed by atoms with Crippen molar-refractivity contribution in [2.45, 2.75) is 6.32 Å². The van der Waals surface area contributed by atoms with Crippen molar-refractivity contribution < 1.29 is 4.79 Å². The van der Waals surface area contributed by atoms with E-state index in [1.807, 2.05) is 0 Å². The van der Waals surface area contributed by atoms with Crippen LogP contribution in [-0.4, -0.2) is 18.7 Å². The van der Waals surface area contributed by atoms with Gasteiger partial charge in [0.25, 0.3) is 0 Å². The standard InChI is InChI=1S/C7H6BClN2O/c8-3-7(12)11-6-2-1-5(9)4-10-6/h1-2,4H,3H2,(H,10,11,12).